The second kappa shape index (κ2) is 6.59. The number of likely N-dealkylation sites (tertiary alicyclic amines) is 1. The Kier molecular flexibility index (Phi) is 4.82. The van der Waals surface area contributed by atoms with Gasteiger partial charge in [0.1, 0.15) is 11.8 Å². The third-order valence-electron chi connectivity index (χ3n) is 3.86. The Morgan fingerprint density at radius 1 is 1.50 bits per heavy atom. The molecule has 1 saturated heterocycles. The van der Waals surface area contributed by atoms with Crippen LogP contribution in [-0.2, 0) is 9.59 Å². The Hall–Kier alpha value is -1.78. The van der Waals surface area contributed by atoms with Crippen molar-refractivity contribution in [2.24, 2.45) is 5.92 Å². The number of carbonyl (C=O) groups is 2. The van der Waals surface area contributed by atoms with Crippen molar-refractivity contribution in [2.45, 2.75) is 45.1 Å². The predicted octanol–water partition coefficient (Wildman–Crippen LogP) is 2.83. The molecule has 2 heterocycles. The van der Waals surface area contributed by atoms with Crippen LogP contribution < -0.4 is 0 Å². The standard InChI is InChI=1S/C15H21NO4/c1-2-3-4-9-16-13(17)8-7-11(15(18)19)14(16)12-6-5-10-20-12/h5-6,10-11,14H,2-4,7-9H2,1H3,(H,18,19)/t11-,14-/m0/s1. The van der Waals surface area contributed by atoms with Crippen LogP contribution in [0.25, 0.3) is 0 Å². The first-order chi connectivity index (χ1) is 9.65. The predicted molar refractivity (Wildman–Crippen MR) is 73.0 cm³/mol. The summed E-state index contributed by atoms with van der Waals surface area (Å²) in [7, 11) is 0. The van der Waals surface area contributed by atoms with Gasteiger partial charge in [-0.2, -0.15) is 0 Å². The Bertz CT molecular complexity index is 454. The number of carboxylic acid groups (broad SMARTS) is 1. The van der Waals surface area contributed by atoms with Gasteiger partial charge < -0.3 is 14.4 Å². The summed E-state index contributed by atoms with van der Waals surface area (Å²) in [6.07, 6.45) is 5.20. The second-order valence-corrected chi connectivity index (χ2v) is 5.24. The summed E-state index contributed by atoms with van der Waals surface area (Å²) in [6, 6.07) is 3.02. The molecule has 110 valence electrons. The molecular weight excluding hydrogens is 258 g/mol. The molecule has 1 amide bonds. The molecule has 1 aromatic heterocycles. The van der Waals surface area contributed by atoms with Crippen LogP contribution in [0.5, 0.6) is 0 Å². The van der Waals surface area contributed by atoms with Crippen molar-refractivity contribution in [3.63, 3.8) is 0 Å². The maximum absolute atomic E-state index is 12.2. The minimum absolute atomic E-state index is 0.0278. The molecule has 1 aromatic rings. The lowest BCUT2D eigenvalue weighted by atomic mass is 9.87. The first-order valence-electron chi connectivity index (χ1n) is 7.20. The third-order valence-corrected chi connectivity index (χ3v) is 3.86. The molecule has 5 heteroatoms. The van der Waals surface area contributed by atoms with Crippen molar-refractivity contribution in [1.82, 2.24) is 4.90 Å². The van der Waals surface area contributed by atoms with Crippen LogP contribution in [-0.4, -0.2) is 28.4 Å². The number of rotatable bonds is 6. The van der Waals surface area contributed by atoms with Gasteiger partial charge in [0.2, 0.25) is 5.91 Å². The van der Waals surface area contributed by atoms with Gasteiger partial charge in [0.05, 0.1) is 12.2 Å². The van der Waals surface area contributed by atoms with E-state index in [1.54, 1.807) is 17.0 Å². The van der Waals surface area contributed by atoms with Crippen molar-refractivity contribution in [1.29, 1.82) is 0 Å². The highest BCUT2D eigenvalue weighted by Crippen LogP contribution is 2.37. The quantitative estimate of drug-likeness (QED) is 0.813. The van der Waals surface area contributed by atoms with E-state index in [4.69, 9.17) is 4.42 Å². The van der Waals surface area contributed by atoms with E-state index in [0.717, 1.165) is 19.3 Å². The van der Waals surface area contributed by atoms with Gasteiger partial charge in [0.15, 0.2) is 0 Å². The first kappa shape index (κ1) is 14.6. The van der Waals surface area contributed by atoms with E-state index >= 15 is 0 Å². The first-order valence-corrected chi connectivity index (χ1v) is 7.20. The highest BCUT2D eigenvalue weighted by molar-refractivity contribution is 5.81. The van der Waals surface area contributed by atoms with E-state index < -0.39 is 17.9 Å². The Labute approximate surface area is 118 Å². The fourth-order valence-electron chi connectivity index (χ4n) is 2.82. The molecule has 2 rings (SSSR count). The number of carboxylic acids is 1. The lowest BCUT2D eigenvalue weighted by Gasteiger charge is -2.38. The monoisotopic (exact) mass is 279 g/mol. The molecule has 2 atom stereocenters. The fourth-order valence-corrected chi connectivity index (χ4v) is 2.82. The molecule has 1 aliphatic heterocycles. The van der Waals surface area contributed by atoms with E-state index in [9.17, 15) is 14.7 Å². The molecule has 0 aliphatic carbocycles. The summed E-state index contributed by atoms with van der Waals surface area (Å²) in [5.41, 5.74) is 0. The average molecular weight is 279 g/mol. The van der Waals surface area contributed by atoms with Crippen molar-refractivity contribution in [3.8, 4) is 0 Å². The van der Waals surface area contributed by atoms with Gasteiger partial charge in [-0.25, -0.2) is 0 Å². The zero-order chi connectivity index (χ0) is 14.5. The Morgan fingerprint density at radius 3 is 2.90 bits per heavy atom. The molecule has 0 bridgehead atoms. The largest absolute Gasteiger partial charge is 0.481 e. The van der Waals surface area contributed by atoms with Gasteiger partial charge in [-0.15, -0.1) is 0 Å². The summed E-state index contributed by atoms with van der Waals surface area (Å²) >= 11 is 0. The minimum atomic E-state index is -0.862. The highest BCUT2D eigenvalue weighted by atomic mass is 16.4. The lowest BCUT2D eigenvalue weighted by Crippen LogP contribution is -2.45. The molecule has 0 spiro atoms. The van der Waals surface area contributed by atoms with Gasteiger partial charge in [-0.3, -0.25) is 9.59 Å². The molecular formula is C15H21NO4. The zero-order valence-electron chi connectivity index (χ0n) is 11.7. The molecule has 5 nitrogen and oxygen atoms in total. The summed E-state index contributed by atoms with van der Waals surface area (Å²) in [5, 5.41) is 9.40. The second-order valence-electron chi connectivity index (χ2n) is 5.24. The van der Waals surface area contributed by atoms with Gasteiger partial charge in [0, 0.05) is 13.0 Å². The van der Waals surface area contributed by atoms with Gasteiger partial charge in [-0.05, 0) is 25.0 Å². The van der Waals surface area contributed by atoms with Crippen molar-refractivity contribution >= 4 is 11.9 Å². The summed E-state index contributed by atoms with van der Waals surface area (Å²) in [5.74, 6) is -0.846. The number of hydrogen-bond donors (Lipinski definition) is 1. The van der Waals surface area contributed by atoms with Crippen LogP contribution >= 0.6 is 0 Å². The maximum atomic E-state index is 12.2. The average Bonchev–Trinajstić information content (AvgIpc) is 2.93. The SMILES string of the molecule is CCCCCN1C(=O)CC[C@H](C(=O)O)[C@H]1c1ccco1. The topological polar surface area (TPSA) is 70.8 Å². The molecule has 1 aliphatic rings. The summed E-state index contributed by atoms with van der Waals surface area (Å²) in [6.45, 7) is 2.70. The molecule has 0 unspecified atom stereocenters. The minimum Gasteiger partial charge on any atom is -0.481 e. The van der Waals surface area contributed by atoms with Crippen LogP contribution in [0.1, 0.15) is 50.8 Å². The number of furan rings is 1. The summed E-state index contributed by atoms with van der Waals surface area (Å²) < 4.78 is 5.38. The van der Waals surface area contributed by atoms with E-state index in [2.05, 4.69) is 6.92 Å². The van der Waals surface area contributed by atoms with Crippen LogP contribution in [0, 0.1) is 5.92 Å². The van der Waals surface area contributed by atoms with Crippen LogP contribution in [0.2, 0.25) is 0 Å². The van der Waals surface area contributed by atoms with Gasteiger partial charge in [0.25, 0.3) is 0 Å². The molecule has 1 N–H and O–H groups in total. The number of nitrogens with zero attached hydrogens (tertiary/aromatic N) is 1. The highest BCUT2D eigenvalue weighted by Gasteiger charge is 2.41. The smallest absolute Gasteiger partial charge is 0.309 e. The Balaban J connectivity index is 2.22. The van der Waals surface area contributed by atoms with Gasteiger partial charge in [-0.1, -0.05) is 19.8 Å². The fraction of sp³-hybridized carbons (Fsp3) is 0.600. The van der Waals surface area contributed by atoms with Crippen LogP contribution in [0.4, 0.5) is 0 Å². The number of unbranched alkanes of at least 4 members (excludes halogenated alkanes) is 2. The normalized spacial score (nSPS) is 23.1. The van der Waals surface area contributed by atoms with Crippen molar-refractivity contribution in [3.05, 3.63) is 24.2 Å². The van der Waals surface area contributed by atoms with E-state index in [0.29, 0.717) is 25.1 Å². The lowest BCUT2D eigenvalue weighted by molar-refractivity contribution is -0.152. The van der Waals surface area contributed by atoms with Gasteiger partial charge >= 0.3 is 5.97 Å². The zero-order valence-corrected chi connectivity index (χ0v) is 11.7. The van der Waals surface area contributed by atoms with Crippen LogP contribution in [0.15, 0.2) is 22.8 Å². The van der Waals surface area contributed by atoms with E-state index in [-0.39, 0.29) is 5.91 Å². The molecule has 0 saturated carbocycles. The molecule has 1 fully saturated rings. The van der Waals surface area contributed by atoms with Crippen molar-refractivity contribution < 1.29 is 19.1 Å². The third kappa shape index (κ3) is 3.03. The maximum Gasteiger partial charge on any atom is 0.309 e. The number of piperidine rings is 1. The van der Waals surface area contributed by atoms with E-state index in [1.807, 2.05) is 0 Å². The molecule has 0 radical (unpaired) electrons. The van der Waals surface area contributed by atoms with Crippen LogP contribution in [0.3, 0.4) is 0 Å². The number of amides is 1. The molecule has 20 heavy (non-hydrogen) atoms. The molecule has 0 aromatic carbocycles. The van der Waals surface area contributed by atoms with Crippen molar-refractivity contribution in [2.75, 3.05) is 6.54 Å². The number of aliphatic carboxylic acids is 1. The Morgan fingerprint density at radius 2 is 2.30 bits per heavy atom. The summed E-state index contributed by atoms with van der Waals surface area (Å²) in [4.78, 5) is 25.3. The van der Waals surface area contributed by atoms with E-state index in [1.165, 1.54) is 6.26 Å². The number of hydrogen-bond acceptors (Lipinski definition) is 3. The number of carbonyl (C=O) groups excluding carboxylic acids is 1.